The van der Waals surface area contributed by atoms with Crippen LogP contribution in [0.1, 0.15) is 0 Å². The third kappa shape index (κ3) is 3.19. The lowest BCUT2D eigenvalue weighted by Crippen LogP contribution is -2.21. The van der Waals surface area contributed by atoms with Crippen molar-refractivity contribution in [2.24, 2.45) is 0 Å². The molecule has 2 rings (SSSR count). The first kappa shape index (κ1) is 14.2. The zero-order valence-corrected chi connectivity index (χ0v) is 13.1. The first-order valence-corrected chi connectivity index (χ1v) is 7.85. The molecule has 0 atom stereocenters. The second-order valence-corrected chi connectivity index (χ2v) is 6.52. The predicted molar refractivity (Wildman–Crippen MR) is 75.3 cm³/mol. The van der Waals surface area contributed by atoms with Gasteiger partial charge in [-0.25, -0.2) is 18.4 Å². The lowest BCUT2D eigenvalue weighted by Gasteiger charge is -2.07. The Bertz CT molecular complexity index is 775. The Balaban J connectivity index is 2.43. The van der Waals surface area contributed by atoms with Gasteiger partial charge in [-0.05, 0) is 31.9 Å². The third-order valence-electron chi connectivity index (χ3n) is 2.01. The van der Waals surface area contributed by atoms with Gasteiger partial charge in [0.25, 0.3) is 10.0 Å². The maximum absolute atomic E-state index is 12.0. The van der Waals surface area contributed by atoms with Crippen LogP contribution in [0.4, 0.5) is 5.82 Å². The van der Waals surface area contributed by atoms with E-state index >= 15 is 0 Å². The summed E-state index contributed by atoms with van der Waals surface area (Å²) in [5.74, 6) is -0.00791. The molecule has 0 spiro atoms. The molecule has 10 heteroatoms. The van der Waals surface area contributed by atoms with E-state index in [1.54, 1.807) is 0 Å². The minimum absolute atomic E-state index is 0.00791. The van der Waals surface area contributed by atoms with E-state index in [0.717, 1.165) is 12.3 Å². The number of pyridine rings is 1. The van der Waals surface area contributed by atoms with Crippen LogP contribution >= 0.6 is 31.9 Å². The van der Waals surface area contributed by atoms with Crippen LogP contribution in [0.5, 0.6) is 0 Å². The zero-order chi connectivity index (χ0) is 14.0. The minimum atomic E-state index is -4.02. The lowest BCUT2D eigenvalue weighted by atomic mass is 10.5. The highest BCUT2D eigenvalue weighted by Gasteiger charge is 2.20. The lowest BCUT2D eigenvalue weighted by molar-refractivity contribution is 0.600. The number of hydrogen-bond acceptors (Lipinski definition) is 5. The van der Waals surface area contributed by atoms with Gasteiger partial charge in [0, 0.05) is 18.5 Å². The fourth-order valence-electron chi connectivity index (χ4n) is 1.21. The standard InChI is InChI=1S/C9H6Br2N4O3S/c10-7-4-13-9(8(11)14-7)15-19(17,18)6-3-12-2-1-5(6)16/h1-4H,(H,12,16)(H,13,15). The van der Waals surface area contributed by atoms with Crippen LogP contribution in [0.15, 0.2) is 43.6 Å². The summed E-state index contributed by atoms with van der Waals surface area (Å²) in [6.45, 7) is 0. The monoisotopic (exact) mass is 408 g/mol. The molecule has 2 aromatic heterocycles. The SMILES string of the molecule is O=c1cc[nH]cc1S(=O)(=O)Nc1ncc(Br)nc1Br. The molecule has 0 aliphatic carbocycles. The Morgan fingerprint density at radius 2 is 2.05 bits per heavy atom. The van der Waals surface area contributed by atoms with Crippen molar-refractivity contribution in [2.45, 2.75) is 4.90 Å². The van der Waals surface area contributed by atoms with E-state index in [1.807, 2.05) is 0 Å². The van der Waals surface area contributed by atoms with Crippen LogP contribution in [0.3, 0.4) is 0 Å². The predicted octanol–water partition coefficient (Wildman–Crippen LogP) is 1.49. The summed E-state index contributed by atoms with van der Waals surface area (Å²) in [4.78, 5) is 21.4. The Morgan fingerprint density at radius 3 is 2.68 bits per heavy atom. The largest absolute Gasteiger partial charge is 0.366 e. The van der Waals surface area contributed by atoms with E-state index in [4.69, 9.17) is 0 Å². The molecular weight excluding hydrogens is 404 g/mol. The molecule has 2 heterocycles. The number of aromatic amines is 1. The minimum Gasteiger partial charge on any atom is -0.366 e. The van der Waals surface area contributed by atoms with Crippen molar-refractivity contribution in [3.05, 3.63) is 44.1 Å². The summed E-state index contributed by atoms with van der Waals surface area (Å²) < 4.78 is 26.9. The molecule has 0 amide bonds. The summed E-state index contributed by atoms with van der Waals surface area (Å²) in [6, 6.07) is 1.12. The van der Waals surface area contributed by atoms with Gasteiger partial charge in [-0.2, -0.15) is 0 Å². The van der Waals surface area contributed by atoms with E-state index in [0.29, 0.717) is 4.60 Å². The van der Waals surface area contributed by atoms with Crippen molar-refractivity contribution >= 4 is 47.7 Å². The zero-order valence-electron chi connectivity index (χ0n) is 9.09. The third-order valence-corrected chi connectivity index (χ3v) is 4.30. The molecule has 2 N–H and O–H groups in total. The molecule has 7 nitrogen and oxygen atoms in total. The van der Waals surface area contributed by atoms with E-state index in [1.165, 1.54) is 12.4 Å². The molecule has 0 aliphatic heterocycles. The van der Waals surface area contributed by atoms with Crippen molar-refractivity contribution in [3.63, 3.8) is 0 Å². The average Bonchev–Trinajstić information content (AvgIpc) is 2.33. The van der Waals surface area contributed by atoms with Crippen LogP contribution in [-0.4, -0.2) is 23.4 Å². The van der Waals surface area contributed by atoms with Gasteiger partial charge in [-0.3, -0.25) is 9.52 Å². The Labute approximate surface area is 124 Å². The van der Waals surface area contributed by atoms with Gasteiger partial charge >= 0.3 is 0 Å². The first-order valence-electron chi connectivity index (χ1n) is 4.78. The molecule has 100 valence electrons. The van der Waals surface area contributed by atoms with Gasteiger partial charge in [0.2, 0.25) is 5.43 Å². The summed E-state index contributed by atoms with van der Waals surface area (Å²) in [5, 5.41) is 0. The molecule has 0 aromatic carbocycles. The second kappa shape index (κ2) is 5.39. The van der Waals surface area contributed by atoms with Crippen molar-refractivity contribution < 1.29 is 8.42 Å². The molecule has 0 radical (unpaired) electrons. The van der Waals surface area contributed by atoms with Crippen molar-refractivity contribution in [2.75, 3.05) is 4.72 Å². The number of nitrogens with zero attached hydrogens (tertiary/aromatic N) is 2. The Kier molecular flexibility index (Phi) is 4.02. The summed E-state index contributed by atoms with van der Waals surface area (Å²) in [7, 11) is -4.02. The van der Waals surface area contributed by atoms with Gasteiger partial charge < -0.3 is 4.98 Å². The Hall–Kier alpha value is -1.26. The van der Waals surface area contributed by atoms with Gasteiger partial charge in [0.1, 0.15) is 4.60 Å². The number of halogens is 2. The number of rotatable bonds is 3. The molecular formula is C9H6Br2N4O3S. The maximum Gasteiger partial charge on any atom is 0.268 e. The van der Waals surface area contributed by atoms with Crippen LogP contribution in [-0.2, 0) is 10.0 Å². The Morgan fingerprint density at radius 1 is 1.32 bits per heavy atom. The van der Waals surface area contributed by atoms with Gasteiger partial charge in [-0.15, -0.1) is 0 Å². The molecule has 19 heavy (non-hydrogen) atoms. The van der Waals surface area contributed by atoms with E-state index in [-0.39, 0.29) is 10.4 Å². The van der Waals surface area contributed by atoms with E-state index in [9.17, 15) is 13.2 Å². The molecule has 0 aliphatic rings. The van der Waals surface area contributed by atoms with Crippen molar-refractivity contribution in [3.8, 4) is 0 Å². The summed E-state index contributed by atoms with van der Waals surface area (Å²) in [5.41, 5.74) is -0.618. The molecule has 0 unspecified atom stereocenters. The number of anilines is 1. The second-order valence-electron chi connectivity index (χ2n) is 3.31. The first-order chi connectivity index (χ1) is 8.90. The van der Waals surface area contributed by atoms with Gasteiger partial charge in [0.15, 0.2) is 15.3 Å². The number of hydrogen-bond donors (Lipinski definition) is 2. The number of sulfonamides is 1. The molecule has 0 saturated carbocycles. The fraction of sp³-hybridized carbons (Fsp3) is 0. The molecule has 0 fully saturated rings. The summed E-state index contributed by atoms with van der Waals surface area (Å²) >= 11 is 6.17. The topological polar surface area (TPSA) is 105 Å². The van der Waals surface area contributed by atoms with Crippen LogP contribution in [0, 0.1) is 0 Å². The summed E-state index contributed by atoms with van der Waals surface area (Å²) in [6.07, 6.45) is 3.78. The number of nitrogens with one attached hydrogen (secondary N) is 2. The highest BCUT2D eigenvalue weighted by molar-refractivity contribution is 9.11. The van der Waals surface area contributed by atoms with Crippen LogP contribution in [0.25, 0.3) is 0 Å². The maximum atomic E-state index is 12.0. The average molecular weight is 410 g/mol. The number of aromatic nitrogens is 3. The van der Waals surface area contributed by atoms with Gasteiger partial charge in [0.05, 0.1) is 6.20 Å². The molecule has 0 bridgehead atoms. The fourth-order valence-corrected chi connectivity index (χ4v) is 3.32. The normalized spacial score (nSPS) is 11.3. The highest BCUT2D eigenvalue weighted by Crippen LogP contribution is 2.21. The number of H-pyrrole nitrogens is 1. The van der Waals surface area contributed by atoms with Crippen LogP contribution in [0.2, 0.25) is 0 Å². The van der Waals surface area contributed by atoms with Crippen LogP contribution < -0.4 is 10.2 Å². The van der Waals surface area contributed by atoms with Crippen molar-refractivity contribution in [1.29, 1.82) is 0 Å². The van der Waals surface area contributed by atoms with Gasteiger partial charge in [-0.1, -0.05) is 0 Å². The smallest absolute Gasteiger partial charge is 0.268 e. The van der Waals surface area contributed by atoms with E-state index < -0.39 is 20.3 Å². The van der Waals surface area contributed by atoms with E-state index in [2.05, 4.69) is 51.5 Å². The molecule has 2 aromatic rings. The highest BCUT2D eigenvalue weighted by atomic mass is 79.9. The molecule has 0 saturated heterocycles. The quantitative estimate of drug-likeness (QED) is 0.798. The van der Waals surface area contributed by atoms with Crippen molar-refractivity contribution in [1.82, 2.24) is 15.0 Å².